The number of allylic oxidation sites excluding steroid dienone is 2. The first kappa shape index (κ1) is 15.3. The molecule has 2 fully saturated rings. The van der Waals surface area contributed by atoms with Gasteiger partial charge in [0.05, 0.1) is 5.92 Å². The first-order chi connectivity index (χ1) is 10.4. The Morgan fingerprint density at radius 2 is 1.86 bits per heavy atom. The smallest absolute Gasteiger partial charge is 0.224 e. The van der Waals surface area contributed by atoms with Crippen LogP contribution in [-0.4, -0.2) is 12.5 Å². The summed E-state index contributed by atoms with van der Waals surface area (Å²) in [6, 6.07) is 10.6. The summed E-state index contributed by atoms with van der Waals surface area (Å²) in [4.78, 5) is 12.6. The molecule has 1 N–H and O–H groups in total. The third-order valence-corrected chi connectivity index (χ3v) is 5.55. The van der Waals surface area contributed by atoms with Gasteiger partial charge < -0.3 is 5.32 Å². The molecule has 1 aromatic rings. The number of hydrogen-bond acceptors (Lipinski definition) is 1. The summed E-state index contributed by atoms with van der Waals surface area (Å²) >= 11 is 0. The van der Waals surface area contributed by atoms with E-state index in [4.69, 9.17) is 0 Å². The molecule has 2 saturated carbocycles. The molecule has 0 bridgehead atoms. The fourth-order valence-corrected chi connectivity index (χ4v) is 3.73. The Labute approximate surface area is 134 Å². The Hall–Kier alpha value is -1.57. The second-order valence-electron chi connectivity index (χ2n) is 7.93. The Kier molecular flexibility index (Phi) is 3.66. The standard InChI is InChI=1S/C20H27NO/c1-14(2)12-16-17(19(16,3)4)18(22)21-13-20(10-11-20)15-8-6-5-7-9-15/h5-9,12,16-17H,10-11,13H2,1-4H3,(H,21,22)/t16-,17-/m1/s1. The van der Waals surface area contributed by atoms with Crippen LogP contribution in [0.5, 0.6) is 0 Å². The van der Waals surface area contributed by atoms with Crippen molar-refractivity contribution in [3.05, 3.63) is 47.5 Å². The summed E-state index contributed by atoms with van der Waals surface area (Å²) in [5, 5.41) is 3.24. The Morgan fingerprint density at radius 3 is 2.41 bits per heavy atom. The molecule has 0 spiro atoms. The summed E-state index contributed by atoms with van der Waals surface area (Å²) in [6.45, 7) is 9.40. The van der Waals surface area contributed by atoms with Gasteiger partial charge in [0.2, 0.25) is 5.91 Å². The van der Waals surface area contributed by atoms with Crippen molar-refractivity contribution in [3.8, 4) is 0 Å². The SMILES string of the molecule is CC(C)=C[C@@H]1[C@H](C(=O)NCC2(c3ccccc3)CC2)C1(C)C. The van der Waals surface area contributed by atoms with Crippen LogP contribution < -0.4 is 5.32 Å². The zero-order chi connectivity index (χ0) is 16.0. The van der Waals surface area contributed by atoms with Crippen molar-refractivity contribution >= 4 is 5.91 Å². The van der Waals surface area contributed by atoms with Gasteiger partial charge >= 0.3 is 0 Å². The topological polar surface area (TPSA) is 29.1 Å². The average molecular weight is 297 g/mol. The van der Waals surface area contributed by atoms with Gasteiger partial charge in [0.25, 0.3) is 0 Å². The van der Waals surface area contributed by atoms with Crippen molar-refractivity contribution in [2.45, 2.75) is 46.0 Å². The van der Waals surface area contributed by atoms with E-state index in [0.717, 1.165) is 6.54 Å². The van der Waals surface area contributed by atoms with Crippen LogP contribution in [0.25, 0.3) is 0 Å². The predicted molar refractivity (Wildman–Crippen MR) is 90.6 cm³/mol. The lowest BCUT2D eigenvalue weighted by atomic mass is 9.96. The molecule has 2 atom stereocenters. The van der Waals surface area contributed by atoms with Crippen LogP contribution in [0.1, 0.15) is 46.1 Å². The molecule has 3 rings (SSSR count). The minimum Gasteiger partial charge on any atom is -0.355 e. The number of carbonyl (C=O) groups excluding carboxylic acids is 1. The maximum Gasteiger partial charge on any atom is 0.224 e. The molecule has 0 radical (unpaired) electrons. The van der Waals surface area contributed by atoms with Crippen molar-refractivity contribution < 1.29 is 4.79 Å². The van der Waals surface area contributed by atoms with Crippen molar-refractivity contribution in [3.63, 3.8) is 0 Å². The molecular weight excluding hydrogens is 270 g/mol. The van der Waals surface area contributed by atoms with Gasteiger partial charge in [0.15, 0.2) is 0 Å². The third-order valence-electron chi connectivity index (χ3n) is 5.55. The van der Waals surface area contributed by atoms with Gasteiger partial charge in [-0.1, -0.05) is 55.8 Å². The molecule has 1 aromatic carbocycles. The molecule has 0 saturated heterocycles. The molecule has 0 heterocycles. The fourth-order valence-electron chi connectivity index (χ4n) is 3.73. The second-order valence-corrected chi connectivity index (χ2v) is 7.93. The normalized spacial score (nSPS) is 26.9. The second kappa shape index (κ2) is 5.26. The quantitative estimate of drug-likeness (QED) is 0.815. The molecule has 2 aliphatic rings. The van der Waals surface area contributed by atoms with Crippen LogP contribution >= 0.6 is 0 Å². The molecule has 1 amide bonds. The minimum absolute atomic E-state index is 0.102. The molecule has 2 nitrogen and oxygen atoms in total. The lowest BCUT2D eigenvalue weighted by Gasteiger charge is -2.17. The van der Waals surface area contributed by atoms with E-state index in [1.807, 2.05) is 0 Å². The molecule has 0 aromatic heterocycles. The van der Waals surface area contributed by atoms with Gasteiger partial charge in [-0.2, -0.15) is 0 Å². The van der Waals surface area contributed by atoms with E-state index in [1.165, 1.54) is 24.0 Å². The third kappa shape index (κ3) is 2.71. The van der Waals surface area contributed by atoms with E-state index in [0.29, 0.717) is 5.92 Å². The first-order valence-electron chi connectivity index (χ1n) is 8.35. The van der Waals surface area contributed by atoms with Crippen molar-refractivity contribution in [1.82, 2.24) is 5.32 Å². The number of benzene rings is 1. The Bertz CT molecular complexity index is 591. The van der Waals surface area contributed by atoms with Crippen LogP contribution in [0.2, 0.25) is 0 Å². The number of amides is 1. The summed E-state index contributed by atoms with van der Waals surface area (Å²) in [5.74, 6) is 0.757. The van der Waals surface area contributed by atoms with Crippen LogP contribution in [0.3, 0.4) is 0 Å². The number of carbonyl (C=O) groups is 1. The fraction of sp³-hybridized carbons (Fsp3) is 0.550. The maximum absolute atomic E-state index is 12.6. The molecule has 118 valence electrons. The van der Waals surface area contributed by atoms with Crippen LogP contribution in [0.15, 0.2) is 42.0 Å². The van der Waals surface area contributed by atoms with E-state index < -0.39 is 0 Å². The van der Waals surface area contributed by atoms with E-state index in [9.17, 15) is 4.79 Å². The summed E-state index contributed by atoms with van der Waals surface area (Å²) in [6.07, 6.45) is 4.62. The summed E-state index contributed by atoms with van der Waals surface area (Å²) in [5.41, 5.74) is 2.97. The monoisotopic (exact) mass is 297 g/mol. The van der Waals surface area contributed by atoms with Crippen molar-refractivity contribution in [1.29, 1.82) is 0 Å². The van der Waals surface area contributed by atoms with Crippen LogP contribution in [0.4, 0.5) is 0 Å². The lowest BCUT2D eigenvalue weighted by Crippen LogP contribution is -2.34. The lowest BCUT2D eigenvalue weighted by molar-refractivity contribution is -0.123. The average Bonchev–Trinajstić information content (AvgIpc) is 3.35. The van der Waals surface area contributed by atoms with E-state index in [2.05, 4.69) is 69.4 Å². The van der Waals surface area contributed by atoms with E-state index in [-0.39, 0.29) is 22.7 Å². The highest BCUT2D eigenvalue weighted by atomic mass is 16.2. The van der Waals surface area contributed by atoms with Crippen LogP contribution in [0, 0.1) is 17.3 Å². The summed E-state index contributed by atoms with van der Waals surface area (Å²) in [7, 11) is 0. The van der Waals surface area contributed by atoms with Gasteiger partial charge in [-0.15, -0.1) is 0 Å². The molecule has 22 heavy (non-hydrogen) atoms. The van der Waals surface area contributed by atoms with Crippen molar-refractivity contribution in [2.75, 3.05) is 6.54 Å². The Morgan fingerprint density at radius 1 is 1.23 bits per heavy atom. The van der Waals surface area contributed by atoms with E-state index >= 15 is 0 Å². The summed E-state index contributed by atoms with van der Waals surface area (Å²) < 4.78 is 0. The highest BCUT2D eigenvalue weighted by Crippen LogP contribution is 2.59. The first-order valence-corrected chi connectivity index (χ1v) is 8.35. The largest absolute Gasteiger partial charge is 0.355 e. The van der Waals surface area contributed by atoms with Crippen LogP contribution in [-0.2, 0) is 10.2 Å². The minimum atomic E-state index is 0.102. The molecular formula is C20H27NO. The zero-order valence-corrected chi connectivity index (χ0v) is 14.1. The highest BCUT2D eigenvalue weighted by molar-refractivity contribution is 5.83. The van der Waals surface area contributed by atoms with Gasteiger partial charge in [0.1, 0.15) is 0 Å². The highest BCUT2D eigenvalue weighted by Gasteiger charge is 2.60. The zero-order valence-electron chi connectivity index (χ0n) is 14.1. The number of nitrogens with one attached hydrogen (secondary N) is 1. The molecule has 2 aliphatic carbocycles. The van der Waals surface area contributed by atoms with Gasteiger partial charge in [0, 0.05) is 12.0 Å². The van der Waals surface area contributed by atoms with Gasteiger partial charge in [-0.25, -0.2) is 0 Å². The van der Waals surface area contributed by atoms with Gasteiger partial charge in [-0.3, -0.25) is 4.79 Å². The maximum atomic E-state index is 12.6. The molecule has 0 unspecified atom stereocenters. The van der Waals surface area contributed by atoms with Gasteiger partial charge in [-0.05, 0) is 43.6 Å². The van der Waals surface area contributed by atoms with Crippen molar-refractivity contribution in [2.24, 2.45) is 17.3 Å². The molecule has 0 aliphatic heterocycles. The Balaban J connectivity index is 1.61. The number of hydrogen-bond donors (Lipinski definition) is 1. The number of rotatable bonds is 5. The molecule has 2 heteroatoms. The predicted octanol–water partition coefficient (Wildman–Crippen LogP) is 4.07. The van der Waals surface area contributed by atoms with E-state index in [1.54, 1.807) is 0 Å².